The van der Waals surface area contributed by atoms with E-state index in [1.165, 1.54) is 20.3 Å². The van der Waals surface area contributed by atoms with Crippen molar-refractivity contribution in [2.75, 3.05) is 33.9 Å². The highest BCUT2D eigenvalue weighted by atomic mass is 16.5. The second-order valence-electron chi connectivity index (χ2n) is 11.9. The van der Waals surface area contributed by atoms with Crippen molar-refractivity contribution in [2.45, 2.75) is 56.3 Å². The second-order valence-corrected chi connectivity index (χ2v) is 11.9. The first kappa shape index (κ1) is 30.7. The Morgan fingerprint density at radius 2 is 1.87 bits per heavy atom. The standard InChI is InChI=1S/C34H38N2O9/c1-42-25-10-6-9-21-15-27(44-30(21)25)34(41)36(17-19-7-4-3-5-8-19)24-16-23(33(40)35-11-12-37)28-22-13-20(18-38)14-26(43-2)31(22)45-32(28)29(24)39/h6,9-10,13-16,18-19,24,28-29,32,37,39H,3-5,7-8,11-12,17H2,1-2H3,(H,35,40). The van der Waals surface area contributed by atoms with Crippen LogP contribution in [0.15, 0.2) is 52.5 Å². The van der Waals surface area contributed by atoms with Gasteiger partial charge in [0.25, 0.3) is 5.91 Å². The van der Waals surface area contributed by atoms with E-state index in [1.54, 1.807) is 29.2 Å². The quantitative estimate of drug-likeness (QED) is 0.290. The molecule has 4 unspecified atom stereocenters. The van der Waals surface area contributed by atoms with E-state index in [0.717, 1.165) is 32.1 Å². The monoisotopic (exact) mass is 618 g/mol. The molecular formula is C34H38N2O9. The van der Waals surface area contributed by atoms with Crippen LogP contribution in [0.1, 0.15) is 64.5 Å². The molecule has 11 heteroatoms. The summed E-state index contributed by atoms with van der Waals surface area (Å²) in [4.78, 5) is 41.4. The van der Waals surface area contributed by atoms with Gasteiger partial charge in [0, 0.05) is 35.2 Å². The highest BCUT2D eigenvalue weighted by molar-refractivity contribution is 5.99. The lowest BCUT2D eigenvalue weighted by Crippen LogP contribution is -2.56. The molecule has 1 aromatic heterocycles. The number of para-hydroxylation sites is 1. The summed E-state index contributed by atoms with van der Waals surface area (Å²) in [7, 11) is 2.98. The van der Waals surface area contributed by atoms with E-state index in [1.807, 2.05) is 12.1 Å². The van der Waals surface area contributed by atoms with Crippen LogP contribution in [0.4, 0.5) is 0 Å². The number of fused-ring (bicyclic) bond motifs is 4. The maximum Gasteiger partial charge on any atom is 0.290 e. The molecule has 3 N–H and O–H groups in total. The number of hydrogen-bond donors (Lipinski definition) is 3. The Kier molecular flexibility index (Phi) is 8.82. The number of furan rings is 1. The Balaban J connectivity index is 1.45. The topological polar surface area (TPSA) is 148 Å². The van der Waals surface area contributed by atoms with E-state index in [0.29, 0.717) is 52.2 Å². The molecule has 4 atom stereocenters. The smallest absolute Gasteiger partial charge is 0.290 e. The minimum Gasteiger partial charge on any atom is -0.493 e. The molecule has 3 aliphatic rings. The lowest BCUT2D eigenvalue weighted by atomic mass is 9.77. The fourth-order valence-electron chi connectivity index (χ4n) is 6.99. The Bertz CT molecular complexity index is 1620. The number of carbonyl (C=O) groups is 3. The van der Waals surface area contributed by atoms with Gasteiger partial charge in [0.05, 0.1) is 32.8 Å². The van der Waals surface area contributed by atoms with Gasteiger partial charge in [0.2, 0.25) is 5.91 Å². The lowest BCUT2D eigenvalue weighted by molar-refractivity contribution is -0.118. The van der Waals surface area contributed by atoms with Crippen LogP contribution in [0.5, 0.6) is 17.2 Å². The molecule has 1 aliphatic heterocycles. The van der Waals surface area contributed by atoms with Gasteiger partial charge < -0.3 is 39.1 Å². The minimum atomic E-state index is -1.24. The summed E-state index contributed by atoms with van der Waals surface area (Å²) >= 11 is 0. The van der Waals surface area contributed by atoms with Crippen molar-refractivity contribution in [3.05, 3.63) is 64.9 Å². The van der Waals surface area contributed by atoms with Crippen molar-refractivity contribution in [1.29, 1.82) is 0 Å². The number of carbonyl (C=O) groups excluding carboxylic acids is 3. The Morgan fingerprint density at radius 3 is 2.58 bits per heavy atom. The zero-order chi connectivity index (χ0) is 31.7. The Hall–Kier alpha value is -4.35. The molecule has 0 radical (unpaired) electrons. The predicted molar refractivity (Wildman–Crippen MR) is 164 cm³/mol. The lowest BCUT2D eigenvalue weighted by Gasteiger charge is -2.42. The predicted octanol–water partition coefficient (Wildman–Crippen LogP) is 3.61. The maximum absolute atomic E-state index is 14.4. The second kappa shape index (κ2) is 12.9. The van der Waals surface area contributed by atoms with Crippen LogP contribution in [0.3, 0.4) is 0 Å². The van der Waals surface area contributed by atoms with Crippen molar-refractivity contribution in [2.24, 2.45) is 5.92 Å². The first-order valence-electron chi connectivity index (χ1n) is 15.4. The average Bonchev–Trinajstić information content (AvgIpc) is 3.69. The highest BCUT2D eigenvalue weighted by Gasteiger charge is 2.52. The summed E-state index contributed by atoms with van der Waals surface area (Å²) in [5, 5.41) is 24.8. The van der Waals surface area contributed by atoms with Crippen LogP contribution in [0.2, 0.25) is 0 Å². The SMILES string of the molecule is COc1cc(C=O)cc2c1OC1C2C(C(=O)NCCO)=CC(N(CC2CCCCC2)C(=O)c2cc3cccc(OC)c3o2)C1O. The van der Waals surface area contributed by atoms with Gasteiger partial charge in [-0.3, -0.25) is 14.4 Å². The summed E-state index contributed by atoms with van der Waals surface area (Å²) in [6, 6.07) is 9.28. The van der Waals surface area contributed by atoms with Crippen LogP contribution in [0, 0.1) is 5.92 Å². The number of nitrogens with zero attached hydrogens (tertiary/aromatic N) is 1. The molecule has 0 saturated heterocycles. The van der Waals surface area contributed by atoms with E-state index in [-0.39, 0.29) is 30.4 Å². The van der Waals surface area contributed by atoms with E-state index >= 15 is 0 Å². The van der Waals surface area contributed by atoms with Gasteiger partial charge in [0.15, 0.2) is 28.6 Å². The molecule has 1 saturated carbocycles. The number of benzene rings is 2. The number of aliphatic hydroxyl groups excluding tert-OH is 2. The molecule has 1 fully saturated rings. The van der Waals surface area contributed by atoms with Gasteiger partial charge in [-0.15, -0.1) is 0 Å². The number of aldehydes is 1. The fraction of sp³-hybridized carbons (Fsp3) is 0.441. The zero-order valence-corrected chi connectivity index (χ0v) is 25.4. The number of ether oxygens (including phenoxy) is 3. The summed E-state index contributed by atoms with van der Waals surface area (Å²) in [6.07, 6.45) is 5.21. The number of hydrogen-bond acceptors (Lipinski definition) is 9. The van der Waals surface area contributed by atoms with E-state index in [4.69, 9.17) is 18.6 Å². The number of rotatable bonds is 10. The van der Waals surface area contributed by atoms with Gasteiger partial charge in [-0.05, 0) is 49.1 Å². The fourth-order valence-corrected chi connectivity index (χ4v) is 6.99. The zero-order valence-electron chi connectivity index (χ0n) is 25.4. The molecule has 2 heterocycles. The summed E-state index contributed by atoms with van der Waals surface area (Å²) in [5.74, 6) is -0.237. The Labute approximate surface area is 260 Å². The highest BCUT2D eigenvalue weighted by Crippen LogP contribution is 2.51. The van der Waals surface area contributed by atoms with Crippen LogP contribution >= 0.6 is 0 Å². The van der Waals surface area contributed by atoms with Crippen LogP contribution in [-0.4, -0.2) is 85.4 Å². The van der Waals surface area contributed by atoms with Crippen molar-refractivity contribution >= 4 is 29.1 Å². The van der Waals surface area contributed by atoms with E-state index in [9.17, 15) is 24.6 Å². The average molecular weight is 619 g/mol. The van der Waals surface area contributed by atoms with E-state index in [2.05, 4.69) is 5.32 Å². The van der Waals surface area contributed by atoms with Gasteiger partial charge >= 0.3 is 0 Å². The summed E-state index contributed by atoms with van der Waals surface area (Å²) in [6.45, 7) is 0.0919. The molecule has 11 nitrogen and oxygen atoms in total. The molecule has 2 amide bonds. The first-order valence-corrected chi connectivity index (χ1v) is 15.4. The molecule has 0 bridgehead atoms. The molecule has 6 rings (SSSR count). The van der Waals surface area contributed by atoms with Crippen LogP contribution < -0.4 is 19.5 Å². The Morgan fingerprint density at radius 1 is 1.09 bits per heavy atom. The van der Waals surface area contributed by atoms with Gasteiger partial charge in [-0.25, -0.2) is 0 Å². The number of amides is 2. The molecule has 45 heavy (non-hydrogen) atoms. The third kappa shape index (κ3) is 5.66. The summed E-state index contributed by atoms with van der Waals surface area (Å²) in [5.41, 5.74) is 1.56. The molecule has 238 valence electrons. The molecule has 2 aromatic carbocycles. The van der Waals surface area contributed by atoms with Gasteiger partial charge in [0.1, 0.15) is 18.5 Å². The molecular weight excluding hydrogens is 580 g/mol. The third-order valence-electron chi connectivity index (χ3n) is 9.15. The van der Waals surface area contributed by atoms with Crippen molar-refractivity contribution in [1.82, 2.24) is 10.2 Å². The first-order chi connectivity index (χ1) is 21.9. The third-order valence-corrected chi connectivity index (χ3v) is 9.15. The van der Waals surface area contributed by atoms with Crippen molar-refractivity contribution in [3.63, 3.8) is 0 Å². The van der Waals surface area contributed by atoms with Gasteiger partial charge in [-0.2, -0.15) is 0 Å². The van der Waals surface area contributed by atoms with Gasteiger partial charge in [-0.1, -0.05) is 31.4 Å². The van der Waals surface area contributed by atoms with E-state index < -0.39 is 36.0 Å². The maximum atomic E-state index is 14.4. The molecule has 2 aliphatic carbocycles. The van der Waals surface area contributed by atoms with Crippen molar-refractivity contribution in [3.8, 4) is 17.2 Å². The number of methoxy groups -OCH3 is 2. The normalized spacial score (nSPS) is 22.5. The molecule has 3 aromatic rings. The van der Waals surface area contributed by atoms with Crippen LogP contribution in [-0.2, 0) is 4.79 Å². The molecule has 0 spiro atoms. The van der Waals surface area contributed by atoms with Crippen LogP contribution in [0.25, 0.3) is 11.0 Å². The number of aliphatic hydroxyl groups is 2. The summed E-state index contributed by atoms with van der Waals surface area (Å²) < 4.78 is 23.3. The van der Waals surface area contributed by atoms with Crippen molar-refractivity contribution < 1.29 is 43.2 Å². The number of nitrogens with one attached hydrogen (secondary N) is 1. The largest absolute Gasteiger partial charge is 0.493 e. The minimum absolute atomic E-state index is 0.0116.